The summed E-state index contributed by atoms with van der Waals surface area (Å²) in [6.07, 6.45) is 1.74. The van der Waals surface area contributed by atoms with E-state index in [1.165, 1.54) is 24.0 Å². The molecule has 0 bridgehead atoms. The van der Waals surface area contributed by atoms with Crippen LogP contribution in [0.3, 0.4) is 0 Å². The Morgan fingerprint density at radius 1 is 1.00 bits per heavy atom. The first-order valence-corrected chi connectivity index (χ1v) is 10.2. The zero-order valence-electron chi connectivity index (χ0n) is 16.2. The number of rotatable bonds is 5. The molecule has 0 saturated carbocycles. The molecule has 4 nitrogen and oxygen atoms in total. The first kappa shape index (κ1) is 19.4. The Morgan fingerprint density at radius 3 is 2.40 bits per heavy atom. The van der Waals surface area contributed by atoms with E-state index in [1.54, 1.807) is 24.3 Å². The van der Waals surface area contributed by atoms with Gasteiger partial charge >= 0.3 is 0 Å². The van der Waals surface area contributed by atoms with Crippen molar-refractivity contribution < 1.29 is 9.84 Å². The van der Waals surface area contributed by atoms with Gasteiger partial charge in [0, 0.05) is 10.9 Å². The topological polar surface area (TPSA) is 66.1 Å². The van der Waals surface area contributed by atoms with E-state index in [0.717, 1.165) is 22.4 Å². The normalized spacial score (nSPS) is 11.1. The highest BCUT2D eigenvalue weighted by Crippen LogP contribution is 2.31. The molecule has 0 aliphatic heterocycles. The summed E-state index contributed by atoms with van der Waals surface area (Å²) < 4.78 is 5.13. The fraction of sp³-hybridized carbons (Fsp3) is 0.0400. The number of hydrogen-bond donors (Lipinski definition) is 1. The minimum Gasteiger partial charge on any atom is -0.504 e. The predicted molar refractivity (Wildman–Crippen MR) is 121 cm³/mol. The number of benzene rings is 3. The highest BCUT2D eigenvalue weighted by Gasteiger charge is 2.10. The number of phenols is 1. The maximum Gasteiger partial charge on any atom is 0.161 e. The molecule has 3 aromatic carbocycles. The largest absolute Gasteiger partial charge is 0.504 e. The van der Waals surface area contributed by atoms with Crippen LogP contribution in [-0.4, -0.2) is 17.2 Å². The second kappa shape index (κ2) is 8.64. The molecule has 0 saturated heterocycles. The number of aromatic hydroxyl groups is 1. The molecule has 0 atom stereocenters. The van der Waals surface area contributed by atoms with Crippen LogP contribution in [0, 0.1) is 11.3 Å². The van der Waals surface area contributed by atoms with Crippen molar-refractivity contribution in [2.75, 3.05) is 7.11 Å². The maximum absolute atomic E-state index is 9.74. The first-order valence-electron chi connectivity index (χ1n) is 9.28. The molecule has 1 heterocycles. The van der Waals surface area contributed by atoms with Crippen molar-refractivity contribution in [1.29, 1.82) is 5.26 Å². The predicted octanol–water partition coefficient (Wildman–Crippen LogP) is 6.26. The monoisotopic (exact) mass is 410 g/mol. The van der Waals surface area contributed by atoms with E-state index in [0.29, 0.717) is 16.3 Å². The molecule has 146 valence electrons. The first-order chi connectivity index (χ1) is 14.7. The Balaban J connectivity index is 1.60. The third-order valence-corrected chi connectivity index (χ3v) is 5.53. The minimum absolute atomic E-state index is 0.0589. The standard InChI is InChI=1S/C25H18N2O2S/c1-29-24-14-17(7-12-23(24)28)13-21(15-26)25-27-22(16-30-25)20-10-8-19(9-11-20)18-5-3-2-4-6-18/h2-14,16,28H,1H3/b21-13+. The number of ether oxygens (including phenoxy) is 1. The number of hydrogen-bond acceptors (Lipinski definition) is 5. The molecule has 4 rings (SSSR count). The lowest BCUT2D eigenvalue weighted by Gasteiger charge is -2.04. The number of phenolic OH excluding ortho intramolecular Hbond substituents is 1. The van der Waals surface area contributed by atoms with Gasteiger partial charge in [0.25, 0.3) is 0 Å². The zero-order chi connectivity index (χ0) is 20.9. The molecule has 1 aromatic heterocycles. The van der Waals surface area contributed by atoms with Crippen molar-refractivity contribution in [2.45, 2.75) is 0 Å². The Hall–Kier alpha value is -3.88. The van der Waals surface area contributed by atoms with Crippen molar-refractivity contribution in [3.8, 4) is 40.0 Å². The quantitative estimate of drug-likeness (QED) is 0.395. The minimum atomic E-state index is 0.0589. The average Bonchev–Trinajstić information content (AvgIpc) is 3.29. The lowest BCUT2D eigenvalue weighted by Crippen LogP contribution is -1.86. The molecule has 4 aromatic rings. The molecule has 0 radical (unpaired) electrons. The van der Waals surface area contributed by atoms with E-state index in [4.69, 9.17) is 4.74 Å². The van der Waals surface area contributed by atoms with Crippen LogP contribution >= 0.6 is 11.3 Å². The summed E-state index contributed by atoms with van der Waals surface area (Å²) in [6.45, 7) is 0. The third kappa shape index (κ3) is 4.09. The van der Waals surface area contributed by atoms with Crippen LogP contribution in [0.4, 0.5) is 0 Å². The number of aromatic nitrogens is 1. The Kier molecular flexibility index (Phi) is 5.60. The number of allylic oxidation sites excluding steroid dienone is 1. The smallest absolute Gasteiger partial charge is 0.161 e. The molecule has 5 heteroatoms. The fourth-order valence-corrected chi connectivity index (χ4v) is 3.88. The summed E-state index contributed by atoms with van der Waals surface area (Å²) in [4.78, 5) is 4.66. The summed E-state index contributed by atoms with van der Waals surface area (Å²) >= 11 is 1.43. The number of nitriles is 1. The summed E-state index contributed by atoms with van der Waals surface area (Å²) in [7, 11) is 1.49. The fourth-order valence-electron chi connectivity index (χ4n) is 3.09. The molecule has 0 aliphatic rings. The van der Waals surface area contributed by atoms with Gasteiger partial charge in [0.1, 0.15) is 11.1 Å². The summed E-state index contributed by atoms with van der Waals surface area (Å²) in [5.41, 5.74) is 5.36. The molecular formula is C25H18N2O2S. The van der Waals surface area contributed by atoms with Crippen LogP contribution in [0.1, 0.15) is 10.6 Å². The molecule has 0 spiro atoms. The lowest BCUT2D eigenvalue weighted by atomic mass is 10.0. The van der Waals surface area contributed by atoms with Crippen molar-refractivity contribution in [2.24, 2.45) is 0 Å². The van der Waals surface area contributed by atoms with Gasteiger partial charge in [-0.05, 0) is 34.9 Å². The molecule has 0 aliphatic carbocycles. The molecule has 1 N–H and O–H groups in total. The zero-order valence-corrected chi connectivity index (χ0v) is 17.1. The molecule has 30 heavy (non-hydrogen) atoms. The number of methoxy groups -OCH3 is 1. The van der Waals surface area contributed by atoms with Gasteiger partial charge in [0.15, 0.2) is 11.5 Å². The molecular weight excluding hydrogens is 392 g/mol. The van der Waals surface area contributed by atoms with Crippen molar-refractivity contribution in [3.05, 3.63) is 88.7 Å². The van der Waals surface area contributed by atoms with E-state index in [1.807, 2.05) is 35.7 Å². The van der Waals surface area contributed by atoms with Gasteiger partial charge in [-0.15, -0.1) is 11.3 Å². The summed E-state index contributed by atoms with van der Waals surface area (Å²) in [5, 5.41) is 22.0. The second-order valence-corrected chi connectivity index (χ2v) is 7.44. The van der Waals surface area contributed by atoms with E-state index < -0.39 is 0 Å². The van der Waals surface area contributed by atoms with Gasteiger partial charge in [-0.3, -0.25) is 0 Å². The van der Waals surface area contributed by atoms with Gasteiger partial charge < -0.3 is 9.84 Å². The van der Waals surface area contributed by atoms with Crippen molar-refractivity contribution in [1.82, 2.24) is 4.98 Å². The molecule has 0 fully saturated rings. The van der Waals surface area contributed by atoms with E-state index >= 15 is 0 Å². The summed E-state index contributed by atoms with van der Waals surface area (Å²) in [5.74, 6) is 0.419. The van der Waals surface area contributed by atoms with Crippen LogP contribution in [-0.2, 0) is 0 Å². The van der Waals surface area contributed by atoms with E-state index in [9.17, 15) is 10.4 Å². The maximum atomic E-state index is 9.74. The SMILES string of the molecule is COc1cc(/C=C(\C#N)c2nc(-c3ccc(-c4ccccc4)cc3)cs2)ccc1O. The van der Waals surface area contributed by atoms with Gasteiger partial charge in [0.05, 0.1) is 18.4 Å². The number of nitrogens with zero attached hydrogens (tertiary/aromatic N) is 2. The van der Waals surface area contributed by atoms with Gasteiger partial charge in [-0.1, -0.05) is 60.7 Å². The number of thiazole rings is 1. The Morgan fingerprint density at radius 2 is 1.70 bits per heavy atom. The van der Waals surface area contributed by atoms with Gasteiger partial charge in [-0.2, -0.15) is 5.26 Å². The third-order valence-electron chi connectivity index (χ3n) is 4.66. The Bertz CT molecular complexity index is 1240. The highest BCUT2D eigenvalue weighted by atomic mass is 32.1. The second-order valence-electron chi connectivity index (χ2n) is 6.58. The van der Waals surface area contributed by atoms with Gasteiger partial charge in [0.2, 0.25) is 0 Å². The van der Waals surface area contributed by atoms with Crippen LogP contribution in [0.25, 0.3) is 34.0 Å². The Labute approximate surface area is 179 Å². The van der Waals surface area contributed by atoms with Crippen molar-refractivity contribution >= 4 is 23.0 Å². The van der Waals surface area contributed by atoms with E-state index in [2.05, 4.69) is 35.3 Å². The van der Waals surface area contributed by atoms with Crippen LogP contribution in [0.5, 0.6) is 11.5 Å². The molecule has 0 unspecified atom stereocenters. The van der Waals surface area contributed by atoms with Gasteiger partial charge in [-0.25, -0.2) is 4.98 Å². The lowest BCUT2D eigenvalue weighted by molar-refractivity contribution is 0.373. The summed E-state index contributed by atoms with van der Waals surface area (Å²) in [6, 6.07) is 25.6. The van der Waals surface area contributed by atoms with Crippen LogP contribution < -0.4 is 4.74 Å². The average molecular weight is 410 g/mol. The highest BCUT2D eigenvalue weighted by molar-refractivity contribution is 7.11. The van der Waals surface area contributed by atoms with Crippen LogP contribution in [0.15, 0.2) is 78.2 Å². The van der Waals surface area contributed by atoms with E-state index in [-0.39, 0.29) is 5.75 Å². The van der Waals surface area contributed by atoms with Crippen molar-refractivity contribution in [3.63, 3.8) is 0 Å². The molecule has 0 amide bonds. The van der Waals surface area contributed by atoms with Crippen LogP contribution in [0.2, 0.25) is 0 Å².